The summed E-state index contributed by atoms with van der Waals surface area (Å²) in [6, 6.07) is 6.06. The lowest BCUT2D eigenvalue weighted by Gasteiger charge is -2.27. The van der Waals surface area contributed by atoms with Crippen LogP contribution in [-0.4, -0.2) is 35.5 Å². The number of nitrogen functional groups attached to an aromatic ring is 1. The lowest BCUT2D eigenvalue weighted by atomic mass is 10.0. The topological polar surface area (TPSA) is 62.3 Å². The minimum Gasteiger partial charge on any atom is -0.378 e. The van der Waals surface area contributed by atoms with Crippen LogP contribution in [0.5, 0.6) is 0 Å². The van der Waals surface area contributed by atoms with Gasteiger partial charge in [-0.25, -0.2) is 4.98 Å². The second-order valence-corrected chi connectivity index (χ2v) is 5.19. The van der Waals surface area contributed by atoms with Crippen molar-refractivity contribution in [3.63, 3.8) is 0 Å². The SMILES string of the molecule is COC1(Cn2c(N)nc3cccc(C)c32)CCOC1. The lowest BCUT2D eigenvalue weighted by molar-refractivity contribution is -0.0283. The average molecular weight is 261 g/mol. The molecule has 0 spiro atoms. The summed E-state index contributed by atoms with van der Waals surface area (Å²) in [5.41, 5.74) is 8.97. The Balaban J connectivity index is 2.07. The number of aryl methyl sites for hydroxylation is 1. The first-order chi connectivity index (χ1) is 9.15. The van der Waals surface area contributed by atoms with E-state index >= 15 is 0 Å². The van der Waals surface area contributed by atoms with Gasteiger partial charge < -0.3 is 19.8 Å². The van der Waals surface area contributed by atoms with Gasteiger partial charge >= 0.3 is 0 Å². The molecule has 0 saturated carbocycles. The predicted octanol–water partition coefficient (Wildman–Crippen LogP) is 1.73. The number of imidazole rings is 1. The van der Waals surface area contributed by atoms with E-state index in [4.69, 9.17) is 15.2 Å². The van der Waals surface area contributed by atoms with Crippen LogP contribution in [0, 0.1) is 6.92 Å². The van der Waals surface area contributed by atoms with Crippen molar-refractivity contribution >= 4 is 17.0 Å². The van der Waals surface area contributed by atoms with Gasteiger partial charge in [0.15, 0.2) is 0 Å². The molecular weight excluding hydrogens is 242 g/mol. The summed E-state index contributed by atoms with van der Waals surface area (Å²) in [4.78, 5) is 4.43. The molecule has 5 heteroatoms. The molecule has 1 aromatic carbocycles. The number of nitrogens with zero attached hydrogens (tertiary/aromatic N) is 2. The van der Waals surface area contributed by atoms with E-state index in [1.54, 1.807) is 7.11 Å². The summed E-state index contributed by atoms with van der Waals surface area (Å²) in [6.45, 7) is 4.09. The van der Waals surface area contributed by atoms with Gasteiger partial charge in [-0.1, -0.05) is 12.1 Å². The minimum atomic E-state index is -0.288. The number of benzene rings is 1. The highest BCUT2D eigenvalue weighted by Gasteiger charge is 2.36. The third-order valence-electron chi connectivity index (χ3n) is 3.94. The molecule has 0 bridgehead atoms. The van der Waals surface area contributed by atoms with E-state index in [1.807, 2.05) is 16.7 Å². The van der Waals surface area contributed by atoms with Crippen molar-refractivity contribution in [2.45, 2.75) is 25.5 Å². The van der Waals surface area contributed by atoms with Gasteiger partial charge in [0.2, 0.25) is 5.95 Å². The maximum atomic E-state index is 6.07. The third kappa shape index (κ3) is 1.99. The highest BCUT2D eigenvalue weighted by Crippen LogP contribution is 2.29. The summed E-state index contributed by atoms with van der Waals surface area (Å²) in [7, 11) is 1.73. The summed E-state index contributed by atoms with van der Waals surface area (Å²) in [6.07, 6.45) is 0.883. The largest absolute Gasteiger partial charge is 0.378 e. The highest BCUT2D eigenvalue weighted by molar-refractivity contribution is 5.81. The summed E-state index contributed by atoms with van der Waals surface area (Å²) < 4.78 is 13.2. The van der Waals surface area contributed by atoms with Gasteiger partial charge in [0.25, 0.3) is 0 Å². The normalized spacial score (nSPS) is 23.3. The van der Waals surface area contributed by atoms with Crippen LogP contribution in [-0.2, 0) is 16.0 Å². The van der Waals surface area contributed by atoms with Crippen LogP contribution in [0.4, 0.5) is 5.95 Å². The number of para-hydroxylation sites is 1. The minimum absolute atomic E-state index is 0.288. The first-order valence-electron chi connectivity index (χ1n) is 6.49. The molecule has 1 fully saturated rings. The molecule has 1 aliphatic heterocycles. The van der Waals surface area contributed by atoms with E-state index < -0.39 is 0 Å². The second-order valence-electron chi connectivity index (χ2n) is 5.19. The summed E-state index contributed by atoms with van der Waals surface area (Å²) >= 11 is 0. The smallest absolute Gasteiger partial charge is 0.201 e. The summed E-state index contributed by atoms with van der Waals surface area (Å²) in [5.74, 6) is 0.535. The van der Waals surface area contributed by atoms with Gasteiger partial charge in [0.05, 0.1) is 24.2 Å². The molecule has 0 radical (unpaired) electrons. The van der Waals surface area contributed by atoms with Gasteiger partial charge in [-0.2, -0.15) is 0 Å². The van der Waals surface area contributed by atoms with Crippen LogP contribution >= 0.6 is 0 Å². The quantitative estimate of drug-likeness (QED) is 0.914. The third-order valence-corrected chi connectivity index (χ3v) is 3.94. The van der Waals surface area contributed by atoms with E-state index in [9.17, 15) is 0 Å². The van der Waals surface area contributed by atoms with Gasteiger partial charge in [0, 0.05) is 20.1 Å². The zero-order chi connectivity index (χ0) is 13.5. The monoisotopic (exact) mass is 261 g/mol. The van der Waals surface area contributed by atoms with Gasteiger partial charge in [-0.3, -0.25) is 0 Å². The Labute approximate surface area is 112 Å². The van der Waals surface area contributed by atoms with E-state index in [1.165, 1.54) is 5.56 Å². The van der Waals surface area contributed by atoms with Gasteiger partial charge in [-0.15, -0.1) is 0 Å². The second kappa shape index (κ2) is 4.51. The number of hydrogen-bond acceptors (Lipinski definition) is 4. The molecule has 5 nitrogen and oxygen atoms in total. The lowest BCUT2D eigenvalue weighted by Crippen LogP contribution is -2.37. The number of anilines is 1. The fourth-order valence-corrected chi connectivity index (χ4v) is 2.77. The molecule has 2 aromatic rings. The maximum absolute atomic E-state index is 6.07. The van der Waals surface area contributed by atoms with Crippen LogP contribution < -0.4 is 5.73 Å². The molecule has 19 heavy (non-hydrogen) atoms. The number of aromatic nitrogens is 2. The molecule has 1 atom stereocenters. The van der Waals surface area contributed by atoms with Crippen molar-refractivity contribution in [3.8, 4) is 0 Å². The summed E-state index contributed by atoms with van der Waals surface area (Å²) in [5, 5.41) is 0. The fraction of sp³-hybridized carbons (Fsp3) is 0.500. The van der Waals surface area contributed by atoms with Crippen LogP contribution in [0.1, 0.15) is 12.0 Å². The maximum Gasteiger partial charge on any atom is 0.201 e. The van der Waals surface area contributed by atoms with Crippen molar-refractivity contribution in [2.75, 3.05) is 26.1 Å². The van der Waals surface area contributed by atoms with Crippen LogP contribution in [0.25, 0.3) is 11.0 Å². The standard InChI is InChI=1S/C14H19N3O2/c1-10-4-3-5-11-12(10)17(13(15)16-11)8-14(18-2)6-7-19-9-14/h3-5H,6-9H2,1-2H3,(H2,15,16). The van der Waals surface area contributed by atoms with E-state index in [0.29, 0.717) is 19.1 Å². The van der Waals surface area contributed by atoms with Crippen LogP contribution in [0.3, 0.4) is 0 Å². The van der Waals surface area contributed by atoms with Crippen LogP contribution in [0.15, 0.2) is 18.2 Å². The first-order valence-corrected chi connectivity index (χ1v) is 6.49. The molecule has 1 aliphatic rings. The molecule has 1 unspecified atom stereocenters. The molecule has 102 valence electrons. The van der Waals surface area contributed by atoms with E-state index in [0.717, 1.165) is 24.1 Å². The Morgan fingerprint density at radius 2 is 2.37 bits per heavy atom. The Hall–Kier alpha value is -1.59. The Bertz CT molecular complexity index is 600. The molecule has 2 heterocycles. The van der Waals surface area contributed by atoms with Crippen molar-refractivity contribution in [1.82, 2.24) is 9.55 Å². The van der Waals surface area contributed by atoms with Crippen molar-refractivity contribution < 1.29 is 9.47 Å². The van der Waals surface area contributed by atoms with Gasteiger partial charge in [0.1, 0.15) is 5.60 Å². The van der Waals surface area contributed by atoms with Crippen LogP contribution in [0.2, 0.25) is 0 Å². The van der Waals surface area contributed by atoms with Crippen molar-refractivity contribution in [1.29, 1.82) is 0 Å². The molecule has 0 amide bonds. The number of methoxy groups -OCH3 is 1. The number of rotatable bonds is 3. The number of fused-ring (bicyclic) bond motifs is 1. The highest BCUT2D eigenvalue weighted by atomic mass is 16.5. The number of hydrogen-bond donors (Lipinski definition) is 1. The Morgan fingerprint density at radius 3 is 3.05 bits per heavy atom. The Morgan fingerprint density at radius 1 is 1.53 bits per heavy atom. The van der Waals surface area contributed by atoms with E-state index in [2.05, 4.69) is 18.0 Å². The average Bonchev–Trinajstić information content (AvgIpc) is 2.97. The molecular formula is C14H19N3O2. The number of ether oxygens (including phenoxy) is 2. The Kier molecular flexibility index (Phi) is 2.95. The first kappa shape index (κ1) is 12.4. The zero-order valence-electron chi connectivity index (χ0n) is 11.3. The molecule has 2 N–H and O–H groups in total. The van der Waals surface area contributed by atoms with Crippen molar-refractivity contribution in [3.05, 3.63) is 23.8 Å². The predicted molar refractivity (Wildman–Crippen MR) is 74.1 cm³/mol. The molecule has 0 aliphatic carbocycles. The zero-order valence-corrected chi connectivity index (χ0v) is 11.3. The van der Waals surface area contributed by atoms with Crippen molar-refractivity contribution in [2.24, 2.45) is 0 Å². The molecule has 1 saturated heterocycles. The van der Waals surface area contributed by atoms with E-state index in [-0.39, 0.29) is 5.60 Å². The fourth-order valence-electron chi connectivity index (χ4n) is 2.77. The molecule has 1 aromatic heterocycles. The van der Waals surface area contributed by atoms with Gasteiger partial charge in [-0.05, 0) is 18.6 Å². The number of nitrogens with two attached hydrogens (primary N) is 1. The molecule has 3 rings (SSSR count).